The molecular weight excluding hydrogens is 223 g/mol. The van der Waals surface area contributed by atoms with Crippen molar-refractivity contribution in [1.82, 2.24) is 5.32 Å². The van der Waals surface area contributed by atoms with E-state index in [-0.39, 0.29) is 18.7 Å². The molecule has 17 heavy (non-hydrogen) atoms. The maximum absolute atomic E-state index is 12.8. The standard InChI is InChI=1S/C12H17FN2O2/c1-9(4-3-7-16)14-12(17)15-11-6-2-5-10(13)8-11/h2,5-6,8-9,16H,3-4,7H2,1H3,(H2,14,15,17). The van der Waals surface area contributed by atoms with Gasteiger partial charge in [0.15, 0.2) is 0 Å². The second-order valence-corrected chi connectivity index (χ2v) is 3.88. The molecule has 1 rings (SSSR count). The number of aliphatic hydroxyl groups is 1. The average Bonchev–Trinajstić information content (AvgIpc) is 2.26. The summed E-state index contributed by atoms with van der Waals surface area (Å²) in [5, 5.41) is 13.9. The van der Waals surface area contributed by atoms with E-state index in [1.54, 1.807) is 6.07 Å². The quantitative estimate of drug-likeness (QED) is 0.738. The normalized spacial score (nSPS) is 11.9. The molecule has 0 saturated carbocycles. The van der Waals surface area contributed by atoms with Gasteiger partial charge in [-0.3, -0.25) is 0 Å². The Morgan fingerprint density at radius 2 is 2.29 bits per heavy atom. The molecule has 0 aliphatic rings. The van der Waals surface area contributed by atoms with Crippen LogP contribution in [0.25, 0.3) is 0 Å². The predicted molar refractivity (Wildman–Crippen MR) is 64.3 cm³/mol. The summed E-state index contributed by atoms with van der Waals surface area (Å²) >= 11 is 0. The molecule has 5 heteroatoms. The number of benzene rings is 1. The van der Waals surface area contributed by atoms with Crippen LogP contribution in [0.2, 0.25) is 0 Å². The molecule has 0 fully saturated rings. The Morgan fingerprint density at radius 1 is 1.53 bits per heavy atom. The lowest BCUT2D eigenvalue weighted by Gasteiger charge is -2.14. The van der Waals surface area contributed by atoms with Crippen LogP contribution in [0.1, 0.15) is 19.8 Å². The van der Waals surface area contributed by atoms with Crippen molar-refractivity contribution >= 4 is 11.7 Å². The summed E-state index contributed by atoms with van der Waals surface area (Å²) in [7, 11) is 0. The monoisotopic (exact) mass is 240 g/mol. The predicted octanol–water partition coefficient (Wildman–Crippen LogP) is 2.11. The molecule has 0 aromatic heterocycles. The Hall–Kier alpha value is -1.62. The van der Waals surface area contributed by atoms with Gasteiger partial charge in [0.1, 0.15) is 5.82 Å². The minimum atomic E-state index is -0.392. The van der Waals surface area contributed by atoms with E-state index in [9.17, 15) is 9.18 Å². The smallest absolute Gasteiger partial charge is 0.319 e. The number of hydrogen-bond acceptors (Lipinski definition) is 2. The molecule has 0 spiro atoms. The van der Waals surface area contributed by atoms with Gasteiger partial charge in [-0.15, -0.1) is 0 Å². The molecule has 0 bridgehead atoms. The first-order valence-corrected chi connectivity index (χ1v) is 5.55. The third kappa shape index (κ3) is 5.31. The van der Waals surface area contributed by atoms with Gasteiger partial charge in [0, 0.05) is 18.3 Å². The number of halogens is 1. The van der Waals surface area contributed by atoms with Crippen LogP contribution in [0.15, 0.2) is 24.3 Å². The summed E-state index contributed by atoms with van der Waals surface area (Å²) in [5.41, 5.74) is 0.414. The number of anilines is 1. The topological polar surface area (TPSA) is 61.4 Å². The Balaban J connectivity index is 2.39. The number of hydrogen-bond donors (Lipinski definition) is 3. The summed E-state index contributed by atoms with van der Waals surface area (Å²) in [5.74, 6) is -0.392. The first-order valence-electron chi connectivity index (χ1n) is 5.55. The molecule has 0 radical (unpaired) electrons. The van der Waals surface area contributed by atoms with Crippen LogP contribution < -0.4 is 10.6 Å². The Kier molecular flexibility index (Phi) is 5.42. The molecule has 1 aromatic rings. The maximum Gasteiger partial charge on any atom is 0.319 e. The van der Waals surface area contributed by atoms with Crippen molar-refractivity contribution in [2.24, 2.45) is 0 Å². The van der Waals surface area contributed by atoms with Crippen molar-refractivity contribution in [3.05, 3.63) is 30.1 Å². The number of nitrogens with one attached hydrogen (secondary N) is 2. The average molecular weight is 240 g/mol. The molecule has 1 aromatic carbocycles. The van der Waals surface area contributed by atoms with Crippen molar-refractivity contribution in [3.8, 4) is 0 Å². The van der Waals surface area contributed by atoms with Gasteiger partial charge in [0.2, 0.25) is 0 Å². The van der Waals surface area contributed by atoms with E-state index >= 15 is 0 Å². The van der Waals surface area contributed by atoms with Gasteiger partial charge in [-0.2, -0.15) is 0 Å². The van der Waals surface area contributed by atoms with Gasteiger partial charge in [0.05, 0.1) is 0 Å². The van der Waals surface area contributed by atoms with E-state index in [1.807, 2.05) is 6.92 Å². The van der Waals surface area contributed by atoms with Crippen molar-refractivity contribution in [2.75, 3.05) is 11.9 Å². The molecule has 0 saturated heterocycles. The Morgan fingerprint density at radius 3 is 2.94 bits per heavy atom. The lowest BCUT2D eigenvalue weighted by atomic mass is 10.2. The highest BCUT2D eigenvalue weighted by molar-refractivity contribution is 5.89. The highest BCUT2D eigenvalue weighted by atomic mass is 19.1. The van der Waals surface area contributed by atoms with Crippen LogP contribution in [0.5, 0.6) is 0 Å². The molecule has 0 aliphatic carbocycles. The van der Waals surface area contributed by atoms with Gasteiger partial charge in [-0.05, 0) is 38.0 Å². The minimum Gasteiger partial charge on any atom is -0.396 e. The second kappa shape index (κ2) is 6.85. The van der Waals surface area contributed by atoms with Crippen LogP contribution in [-0.2, 0) is 0 Å². The van der Waals surface area contributed by atoms with Crippen molar-refractivity contribution < 1.29 is 14.3 Å². The number of amides is 2. The molecule has 0 aliphatic heterocycles. The fourth-order valence-electron chi connectivity index (χ4n) is 1.43. The van der Waals surface area contributed by atoms with E-state index in [0.717, 1.165) is 0 Å². The van der Waals surface area contributed by atoms with Crippen LogP contribution in [0, 0.1) is 5.82 Å². The van der Waals surface area contributed by atoms with Gasteiger partial charge < -0.3 is 15.7 Å². The molecule has 1 unspecified atom stereocenters. The van der Waals surface area contributed by atoms with Gasteiger partial charge in [-0.1, -0.05) is 6.07 Å². The third-order valence-corrected chi connectivity index (χ3v) is 2.26. The number of aliphatic hydroxyl groups excluding tert-OH is 1. The lowest BCUT2D eigenvalue weighted by Crippen LogP contribution is -2.36. The highest BCUT2D eigenvalue weighted by Gasteiger charge is 2.07. The lowest BCUT2D eigenvalue weighted by molar-refractivity contribution is 0.245. The van der Waals surface area contributed by atoms with Gasteiger partial charge in [-0.25, -0.2) is 9.18 Å². The van der Waals surface area contributed by atoms with Crippen molar-refractivity contribution in [2.45, 2.75) is 25.8 Å². The van der Waals surface area contributed by atoms with Gasteiger partial charge >= 0.3 is 6.03 Å². The molecule has 94 valence electrons. The van der Waals surface area contributed by atoms with Crippen LogP contribution >= 0.6 is 0 Å². The van der Waals surface area contributed by atoms with Crippen LogP contribution in [0.3, 0.4) is 0 Å². The van der Waals surface area contributed by atoms with Crippen molar-refractivity contribution in [3.63, 3.8) is 0 Å². The zero-order chi connectivity index (χ0) is 12.7. The fourth-order valence-corrected chi connectivity index (χ4v) is 1.43. The summed E-state index contributed by atoms with van der Waals surface area (Å²) in [6.45, 7) is 1.96. The first kappa shape index (κ1) is 13.4. The molecule has 4 nitrogen and oxygen atoms in total. The molecule has 2 amide bonds. The molecule has 1 atom stereocenters. The number of urea groups is 1. The minimum absolute atomic E-state index is 0.0318. The summed E-state index contributed by atoms with van der Waals surface area (Å²) < 4.78 is 12.8. The van der Waals surface area contributed by atoms with Crippen LogP contribution in [-0.4, -0.2) is 23.8 Å². The molecular formula is C12H17FN2O2. The molecule has 0 heterocycles. The van der Waals surface area contributed by atoms with Crippen LogP contribution in [0.4, 0.5) is 14.9 Å². The van der Waals surface area contributed by atoms with Crippen molar-refractivity contribution in [1.29, 1.82) is 0 Å². The summed E-state index contributed by atoms with van der Waals surface area (Å²) in [6, 6.07) is 5.29. The number of carbonyl (C=O) groups is 1. The molecule has 3 N–H and O–H groups in total. The summed E-state index contributed by atoms with van der Waals surface area (Å²) in [6.07, 6.45) is 1.34. The maximum atomic E-state index is 12.8. The van der Waals surface area contributed by atoms with E-state index in [4.69, 9.17) is 5.11 Å². The number of carbonyl (C=O) groups excluding carboxylic acids is 1. The first-order chi connectivity index (χ1) is 8.11. The largest absolute Gasteiger partial charge is 0.396 e. The number of rotatable bonds is 5. The zero-order valence-corrected chi connectivity index (χ0v) is 9.74. The van der Waals surface area contributed by atoms with E-state index < -0.39 is 5.82 Å². The van der Waals surface area contributed by atoms with E-state index in [0.29, 0.717) is 18.5 Å². The Bertz CT molecular complexity index is 371. The SMILES string of the molecule is CC(CCCO)NC(=O)Nc1cccc(F)c1. The fraction of sp³-hybridized carbons (Fsp3) is 0.417. The van der Waals surface area contributed by atoms with E-state index in [1.165, 1.54) is 18.2 Å². The van der Waals surface area contributed by atoms with Gasteiger partial charge in [0.25, 0.3) is 0 Å². The highest BCUT2D eigenvalue weighted by Crippen LogP contribution is 2.08. The Labute approximate surface area is 99.8 Å². The zero-order valence-electron chi connectivity index (χ0n) is 9.74. The third-order valence-electron chi connectivity index (χ3n) is 2.26. The second-order valence-electron chi connectivity index (χ2n) is 3.88. The summed E-state index contributed by atoms with van der Waals surface area (Å²) in [4.78, 5) is 11.5. The van der Waals surface area contributed by atoms with E-state index in [2.05, 4.69) is 10.6 Å².